The van der Waals surface area contributed by atoms with Crippen molar-refractivity contribution in [2.24, 2.45) is 0 Å². The maximum Gasteiger partial charge on any atom is 0.315 e. The number of carboxylic acid groups (broad SMARTS) is 1. The summed E-state index contributed by atoms with van der Waals surface area (Å²) >= 11 is 1.57. The minimum atomic E-state index is -0.915. The van der Waals surface area contributed by atoms with Gasteiger partial charge in [-0.1, -0.05) is 6.42 Å². The first-order valence-corrected chi connectivity index (χ1v) is 8.55. The summed E-state index contributed by atoms with van der Waals surface area (Å²) in [7, 11) is 0. The maximum absolute atomic E-state index is 11.3. The lowest BCUT2D eigenvalue weighted by Crippen LogP contribution is -2.54. The second kappa shape index (κ2) is 5.57. The minimum Gasteiger partial charge on any atom is -0.481 e. The summed E-state index contributed by atoms with van der Waals surface area (Å²) in [4.78, 5) is 20.9. The molecule has 0 amide bonds. The molecule has 1 aromatic heterocycles. The first-order chi connectivity index (χ1) is 9.98. The van der Waals surface area contributed by atoms with E-state index in [1.54, 1.807) is 25.2 Å². The summed E-state index contributed by atoms with van der Waals surface area (Å²) < 4.78 is 0. The quantitative estimate of drug-likeness (QED) is 0.927. The van der Waals surface area contributed by atoms with Crippen LogP contribution < -0.4 is 4.90 Å². The second-order valence-electron chi connectivity index (χ2n) is 6.58. The number of fused-ring (bicyclic) bond motifs is 1. The highest BCUT2D eigenvalue weighted by Gasteiger charge is 2.34. The van der Waals surface area contributed by atoms with E-state index in [0.29, 0.717) is 11.7 Å². The summed E-state index contributed by atoms with van der Waals surface area (Å²) in [6.45, 7) is 7.79. The van der Waals surface area contributed by atoms with Crippen molar-refractivity contribution in [3.8, 4) is 0 Å². The first-order valence-electron chi connectivity index (χ1n) is 7.67. The lowest BCUT2D eigenvalue weighted by atomic mass is 9.90. The molecular formula is C15H23N3O2S. The highest BCUT2D eigenvalue weighted by atomic mass is 32.1. The standard InChI is InChI=1S/C15H23N3O2S/c1-15(2,13(19)20)12-10-21-14(16-12)18-8-7-17-6-4-3-5-11(17)9-18/h10-11H,3-9H2,1-2H3,(H,19,20). The average Bonchev–Trinajstić information content (AvgIpc) is 2.97. The molecule has 0 saturated carbocycles. The molecule has 116 valence electrons. The number of rotatable bonds is 3. The van der Waals surface area contributed by atoms with E-state index in [-0.39, 0.29) is 0 Å². The van der Waals surface area contributed by atoms with Crippen LogP contribution in [0.25, 0.3) is 0 Å². The largest absolute Gasteiger partial charge is 0.481 e. The van der Waals surface area contributed by atoms with Gasteiger partial charge in [-0.05, 0) is 33.2 Å². The average molecular weight is 309 g/mol. The van der Waals surface area contributed by atoms with Crippen LogP contribution in [0.15, 0.2) is 5.38 Å². The van der Waals surface area contributed by atoms with Crippen molar-refractivity contribution in [2.75, 3.05) is 31.1 Å². The molecule has 0 aromatic carbocycles. The number of piperazine rings is 1. The molecule has 1 N–H and O–H groups in total. The number of carbonyl (C=O) groups is 1. The van der Waals surface area contributed by atoms with Gasteiger partial charge in [0.1, 0.15) is 5.41 Å². The number of hydrogen-bond donors (Lipinski definition) is 1. The van der Waals surface area contributed by atoms with E-state index in [1.807, 2.05) is 5.38 Å². The Morgan fingerprint density at radius 1 is 1.38 bits per heavy atom. The molecular weight excluding hydrogens is 286 g/mol. The lowest BCUT2D eigenvalue weighted by molar-refractivity contribution is -0.142. The number of aliphatic carboxylic acids is 1. The number of aromatic nitrogens is 1. The Morgan fingerprint density at radius 3 is 2.95 bits per heavy atom. The Kier molecular flexibility index (Phi) is 3.92. The molecule has 1 atom stereocenters. The van der Waals surface area contributed by atoms with Gasteiger partial charge in [0.05, 0.1) is 5.69 Å². The van der Waals surface area contributed by atoms with Gasteiger partial charge < -0.3 is 10.0 Å². The summed E-state index contributed by atoms with van der Waals surface area (Å²) in [5.74, 6) is -0.823. The fraction of sp³-hybridized carbons (Fsp3) is 0.733. The molecule has 1 unspecified atom stereocenters. The van der Waals surface area contributed by atoms with Crippen molar-refractivity contribution >= 4 is 22.4 Å². The molecule has 2 aliphatic heterocycles. The van der Waals surface area contributed by atoms with Crippen molar-refractivity contribution in [1.82, 2.24) is 9.88 Å². The van der Waals surface area contributed by atoms with Gasteiger partial charge in [0.15, 0.2) is 5.13 Å². The fourth-order valence-corrected chi connectivity index (χ4v) is 4.17. The lowest BCUT2D eigenvalue weighted by Gasteiger charge is -2.44. The van der Waals surface area contributed by atoms with Gasteiger partial charge >= 0.3 is 5.97 Å². The van der Waals surface area contributed by atoms with Crippen LogP contribution in [0.1, 0.15) is 38.8 Å². The monoisotopic (exact) mass is 309 g/mol. The van der Waals surface area contributed by atoms with E-state index in [2.05, 4.69) is 14.8 Å². The number of piperidine rings is 1. The van der Waals surface area contributed by atoms with E-state index < -0.39 is 11.4 Å². The molecule has 3 rings (SSSR count). The number of nitrogens with zero attached hydrogens (tertiary/aromatic N) is 3. The summed E-state index contributed by atoms with van der Waals surface area (Å²) in [5.41, 5.74) is -0.248. The zero-order valence-electron chi connectivity index (χ0n) is 12.7. The number of anilines is 1. The normalized spacial score (nSPS) is 23.9. The molecule has 0 bridgehead atoms. The zero-order chi connectivity index (χ0) is 15.0. The molecule has 2 saturated heterocycles. The molecule has 3 heterocycles. The molecule has 5 nitrogen and oxygen atoms in total. The smallest absolute Gasteiger partial charge is 0.315 e. The van der Waals surface area contributed by atoms with Crippen LogP contribution in [-0.2, 0) is 10.2 Å². The van der Waals surface area contributed by atoms with Crippen LogP contribution in [0.5, 0.6) is 0 Å². The maximum atomic E-state index is 11.3. The van der Waals surface area contributed by atoms with Gasteiger partial charge in [0, 0.05) is 31.1 Å². The van der Waals surface area contributed by atoms with E-state index in [0.717, 1.165) is 24.8 Å². The van der Waals surface area contributed by atoms with Crippen molar-refractivity contribution in [3.63, 3.8) is 0 Å². The van der Waals surface area contributed by atoms with Crippen molar-refractivity contribution in [2.45, 2.75) is 44.6 Å². The van der Waals surface area contributed by atoms with Gasteiger partial charge in [-0.2, -0.15) is 0 Å². The van der Waals surface area contributed by atoms with E-state index in [9.17, 15) is 9.90 Å². The number of carboxylic acids is 1. The van der Waals surface area contributed by atoms with E-state index >= 15 is 0 Å². The van der Waals surface area contributed by atoms with Crippen LogP contribution in [0, 0.1) is 0 Å². The fourth-order valence-electron chi connectivity index (χ4n) is 3.14. The molecule has 2 aliphatic rings. The summed E-state index contributed by atoms with van der Waals surface area (Å²) in [6.07, 6.45) is 3.92. The highest BCUT2D eigenvalue weighted by molar-refractivity contribution is 7.13. The van der Waals surface area contributed by atoms with Crippen LogP contribution in [-0.4, -0.2) is 53.2 Å². The zero-order valence-corrected chi connectivity index (χ0v) is 13.5. The Morgan fingerprint density at radius 2 is 2.19 bits per heavy atom. The van der Waals surface area contributed by atoms with Gasteiger partial charge in [-0.3, -0.25) is 9.69 Å². The van der Waals surface area contributed by atoms with Crippen molar-refractivity contribution in [1.29, 1.82) is 0 Å². The SMILES string of the molecule is CC(C)(C(=O)O)c1csc(N2CCN3CCCCC3C2)n1. The van der Waals surface area contributed by atoms with Crippen LogP contribution in [0.3, 0.4) is 0 Å². The van der Waals surface area contributed by atoms with Crippen LogP contribution >= 0.6 is 11.3 Å². The molecule has 21 heavy (non-hydrogen) atoms. The van der Waals surface area contributed by atoms with Crippen molar-refractivity contribution in [3.05, 3.63) is 11.1 Å². The predicted molar refractivity (Wildman–Crippen MR) is 84.2 cm³/mol. The third-order valence-electron chi connectivity index (χ3n) is 4.77. The Bertz CT molecular complexity index is 529. The third-order valence-corrected chi connectivity index (χ3v) is 5.68. The van der Waals surface area contributed by atoms with Gasteiger partial charge in [-0.15, -0.1) is 11.3 Å². The number of thiazole rings is 1. The Labute approximate surface area is 129 Å². The van der Waals surface area contributed by atoms with Gasteiger partial charge in [0.25, 0.3) is 0 Å². The molecule has 2 fully saturated rings. The first kappa shape index (κ1) is 14.8. The Hall–Kier alpha value is -1.14. The summed E-state index contributed by atoms with van der Waals surface area (Å²) in [5, 5.41) is 12.2. The minimum absolute atomic E-state index is 0.646. The summed E-state index contributed by atoms with van der Waals surface area (Å²) in [6, 6.07) is 0.646. The third kappa shape index (κ3) is 2.79. The van der Waals surface area contributed by atoms with E-state index in [4.69, 9.17) is 0 Å². The predicted octanol–water partition coefficient (Wildman–Crippen LogP) is 2.18. The second-order valence-corrected chi connectivity index (χ2v) is 7.41. The van der Waals surface area contributed by atoms with Crippen LogP contribution in [0.4, 0.5) is 5.13 Å². The molecule has 6 heteroatoms. The van der Waals surface area contributed by atoms with E-state index in [1.165, 1.54) is 25.8 Å². The van der Waals surface area contributed by atoms with Gasteiger partial charge in [-0.25, -0.2) is 4.98 Å². The highest BCUT2D eigenvalue weighted by Crippen LogP contribution is 2.31. The van der Waals surface area contributed by atoms with Crippen molar-refractivity contribution < 1.29 is 9.90 Å². The number of hydrogen-bond acceptors (Lipinski definition) is 5. The van der Waals surface area contributed by atoms with Crippen LogP contribution in [0.2, 0.25) is 0 Å². The molecule has 0 spiro atoms. The molecule has 1 aromatic rings. The Balaban J connectivity index is 1.73. The molecule has 0 radical (unpaired) electrons. The topological polar surface area (TPSA) is 56.7 Å². The van der Waals surface area contributed by atoms with Gasteiger partial charge in [0.2, 0.25) is 0 Å². The molecule has 0 aliphatic carbocycles.